The Morgan fingerprint density at radius 1 is 1.00 bits per heavy atom. The standard InChI is InChI=1S/C22H16F2N4O3/c23-21(24)11-14-2-1-3-15(10-14)27-9-7-18(29)22(26-27)17-6-8-25-28(17)16-4-5-19-20(12-16)31-13-30-19/h1-10,12,21H,11,13H2. The van der Waals surface area contributed by atoms with E-state index < -0.39 is 6.43 Å². The highest BCUT2D eigenvalue weighted by molar-refractivity contribution is 5.59. The Labute approximate surface area is 175 Å². The van der Waals surface area contributed by atoms with Crippen molar-refractivity contribution in [1.82, 2.24) is 19.6 Å². The highest BCUT2D eigenvalue weighted by Crippen LogP contribution is 2.34. The van der Waals surface area contributed by atoms with Crippen LogP contribution in [0.25, 0.3) is 22.8 Å². The number of halogens is 2. The molecular weight excluding hydrogens is 406 g/mol. The van der Waals surface area contributed by atoms with Crippen LogP contribution in [0.3, 0.4) is 0 Å². The number of ether oxygens (including phenoxy) is 2. The van der Waals surface area contributed by atoms with Crippen LogP contribution in [0.15, 0.2) is 71.8 Å². The van der Waals surface area contributed by atoms with E-state index in [1.165, 1.54) is 16.9 Å². The second kappa shape index (κ2) is 7.67. The lowest BCUT2D eigenvalue weighted by molar-refractivity contribution is 0.149. The Bertz CT molecular complexity index is 1320. The monoisotopic (exact) mass is 422 g/mol. The Balaban J connectivity index is 1.56. The molecule has 0 amide bonds. The number of benzene rings is 2. The molecule has 9 heteroatoms. The molecule has 0 saturated heterocycles. The SMILES string of the molecule is O=c1ccn(-c2cccc(CC(F)F)c2)nc1-c1ccnn1-c1ccc2c(c1)OCO2. The van der Waals surface area contributed by atoms with E-state index in [1.807, 2.05) is 0 Å². The molecule has 0 aliphatic carbocycles. The molecule has 2 aromatic heterocycles. The Kier molecular flexibility index (Phi) is 4.70. The van der Waals surface area contributed by atoms with E-state index >= 15 is 0 Å². The van der Waals surface area contributed by atoms with Crippen LogP contribution in [0.5, 0.6) is 11.5 Å². The van der Waals surface area contributed by atoms with Crippen LogP contribution >= 0.6 is 0 Å². The van der Waals surface area contributed by atoms with E-state index in [0.717, 1.165) is 0 Å². The summed E-state index contributed by atoms with van der Waals surface area (Å²) in [6.07, 6.45) is 0.289. The van der Waals surface area contributed by atoms with Gasteiger partial charge in [0.1, 0.15) is 0 Å². The summed E-state index contributed by atoms with van der Waals surface area (Å²) in [6, 6.07) is 15.1. The molecule has 5 rings (SSSR count). The molecule has 7 nitrogen and oxygen atoms in total. The molecule has 0 N–H and O–H groups in total. The fraction of sp³-hybridized carbons (Fsp3) is 0.136. The predicted molar refractivity (Wildman–Crippen MR) is 108 cm³/mol. The number of fused-ring (bicyclic) bond motifs is 1. The molecule has 1 aliphatic rings. The van der Waals surface area contributed by atoms with Gasteiger partial charge in [0.2, 0.25) is 18.6 Å². The van der Waals surface area contributed by atoms with E-state index in [-0.39, 0.29) is 24.3 Å². The van der Waals surface area contributed by atoms with Gasteiger partial charge in [-0.15, -0.1) is 0 Å². The van der Waals surface area contributed by atoms with Gasteiger partial charge < -0.3 is 9.47 Å². The average Bonchev–Trinajstić information content (AvgIpc) is 3.42. The minimum Gasteiger partial charge on any atom is -0.454 e. The van der Waals surface area contributed by atoms with Crippen LogP contribution in [0.2, 0.25) is 0 Å². The molecule has 0 atom stereocenters. The number of alkyl halides is 2. The summed E-state index contributed by atoms with van der Waals surface area (Å²) in [4.78, 5) is 12.6. The molecule has 0 unspecified atom stereocenters. The fourth-order valence-corrected chi connectivity index (χ4v) is 3.44. The molecule has 1 aliphatic heterocycles. The maximum atomic E-state index is 12.8. The van der Waals surface area contributed by atoms with Crippen LogP contribution in [0, 0.1) is 0 Å². The van der Waals surface area contributed by atoms with Gasteiger partial charge in [-0.2, -0.15) is 10.2 Å². The summed E-state index contributed by atoms with van der Waals surface area (Å²) < 4.78 is 39.3. The van der Waals surface area contributed by atoms with Gasteiger partial charge in [0.15, 0.2) is 17.2 Å². The first kappa shape index (κ1) is 19.0. The summed E-state index contributed by atoms with van der Waals surface area (Å²) >= 11 is 0. The number of hydrogen-bond acceptors (Lipinski definition) is 5. The van der Waals surface area contributed by atoms with Gasteiger partial charge in [0, 0.05) is 24.8 Å². The quantitative estimate of drug-likeness (QED) is 0.491. The topological polar surface area (TPSA) is 71.2 Å². The highest BCUT2D eigenvalue weighted by atomic mass is 19.3. The number of rotatable bonds is 5. The van der Waals surface area contributed by atoms with Crippen molar-refractivity contribution in [2.24, 2.45) is 0 Å². The third-order valence-electron chi connectivity index (χ3n) is 4.86. The van der Waals surface area contributed by atoms with Crippen LogP contribution in [-0.2, 0) is 6.42 Å². The second-order valence-electron chi connectivity index (χ2n) is 6.90. The maximum Gasteiger partial charge on any atom is 0.242 e. The van der Waals surface area contributed by atoms with Crippen molar-refractivity contribution in [1.29, 1.82) is 0 Å². The Hall–Kier alpha value is -4.01. The minimum absolute atomic E-state index is 0.153. The summed E-state index contributed by atoms with van der Waals surface area (Å²) in [7, 11) is 0. The van der Waals surface area contributed by atoms with Crippen molar-refractivity contribution < 1.29 is 18.3 Å². The predicted octanol–water partition coefficient (Wildman–Crippen LogP) is 3.62. The minimum atomic E-state index is -2.44. The molecule has 3 heterocycles. The van der Waals surface area contributed by atoms with E-state index in [2.05, 4.69) is 10.2 Å². The molecule has 2 aromatic carbocycles. The summed E-state index contributed by atoms with van der Waals surface area (Å²) in [5, 5.41) is 8.79. The lowest BCUT2D eigenvalue weighted by atomic mass is 10.1. The smallest absolute Gasteiger partial charge is 0.242 e. The van der Waals surface area contributed by atoms with Crippen molar-refractivity contribution >= 4 is 0 Å². The van der Waals surface area contributed by atoms with Gasteiger partial charge in [0.25, 0.3) is 0 Å². The van der Waals surface area contributed by atoms with Crippen molar-refractivity contribution in [3.8, 4) is 34.3 Å². The second-order valence-corrected chi connectivity index (χ2v) is 6.90. The largest absolute Gasteiger partial charge is 0.454 e. The summed E-state index contributed by atoms with van der Waals surface area (Å²) in [6.45, 7) is 0.153. The molecule has 156 valence electrons. The molecule has 0 fully saturated rings. The van der Waals surface area contributed by atoms with Crippen LogP contribution in [0.4, 0.5) is 8.78 Å². The first-order valence-corrected chi connectivity index (χ1v) is 9.50. The molecule has 31 heavy (non-hydrogen) atoms. The molecular formula is C22H16F2N4O3. The zero-order chi connectivity index (χ0) is 21.4. The van der Waals surface area contributed by atoms with E-state index in [1.54, 1.807) is 59.4 Å². The zero-order valence-corrected chi connectivity index (χ0v) is 16.1. The Morgan fingerprint density at radius 2 is 1.87 bits per heavy atom. The molecule has 0 saturated carbocycles. The first-order valence-electron chi connectivity index (χ1n) is 9.50. The Morgan fingerprint density at radius 3 is 2.74 bits per heavy atom. The lowest BCUT2D eigenvalue weighted by Gasteiger charge is -2.11. The van der Waals surface area contributed by atoms with E-state index in [4.69, 9.17) is 9.47 Å². The molecule has 0 spiro atoms. The summed E-state index contributed by atoms with van der Waals surface area (Å²) in [5.74, 6) is 1.23. The molecule has 4 aromatic rings. The fourth-order valence-electron chi connectivity index (χ4n) is 3.44. The normalized spacial score (nSPS) is 12.5. The lowest BCUT2D eigenvalue weighted by Crippen LogP contribution is -2.15. The van der Waals surface area contributed by atoms with Gasteiger partial charge in [-0.3, -0.25) is 4.79 Å². The third kappa shape index (κ3) is 3.65. The van der Waals surface area contributed by atoms with Gasteiger partial charge in [-0.05, 0) is 35.9 Å². The van der Waals surface area contributed by atoms with Crippen molar-refractivity contribution in [3.05, 3.63) is 82.8 Å². The van der Waals surface area contributed by atoms with E-state index in [0.29, 0.717) is 34.1 Å². The first-order chi connectivity index (χ1) is 15.1. The molecule has 0 radical (unpaired) electrons. The third-order valence-corrected chi connectivity index (χ3v) is 4.86. The van der Waals surface area contributed by atoms with Crippen LogP contribution in [-0.4, -0.2) is 32.8 Å². The number of nitrogens with zero attached hydrogens (tertiary/aromatic N) is 4. The van der Waals surface area contributed by atoms with E-state index in [9.17, 15) is 13.6 Å². The molecule has 0 bridgehead atoms. The van der Waals surface area contributed by atoms with Crippen LogP contribution in [0.1, 0.15) is 5.56 Å². The van der Waals surface area contributed by atoms with Crippen LogP contribution < -0.4 is 14.9 Å². The van der Waals surface area contributed by atoms with Crippen molar-refractivity contribution in [2.75, 3.05) is 6.79 Å². The maximum absolute atomic E-state index is 12.8. The highest BCUT2D eigenvalue weighted by Gasteiger charge is 2.18. The number of aromatic nitrogens is 4. The summed E-state index contributed by atoms with van der Waals surface area (Å²) in [5.41, 5.74) is 2.12. The zero-order valence-electron chi connectivity index (χ0n) is 16.1. The average molecular weight is 422 g/mol. The van der Waals surface area contributed by atoms with Crippen molar-refractivity contribution in [3.63, 3.8) is 0 Å². The van der Waals surface area contributed by atoms with Gasteiger partial charge in [-0.25, -0.2) is 18.1 Å². The van der Waals surface area contributed by atoms with Gasteiger partial charge in [0.05, 0.1) is 23.3 Å². The number of hydrogen-bond donors (Lipinski definition) is 0. The van der Waals surface area contributed by atoms with Crippen molar-refractivity contribution in [2.45, 2.75) is 12.8 Å². The van der Waals surface area contributed by atoms with Gasteiger partial charge >= 0.3 is 0 Å². The van der Waals surface area contributed by atoms with Gasteiger partial charge in [-0.1, -0.05) is 12.1 Å².